The number of hydrogen-bond donors (Lipinski definition) is 0. The maximum Gasteiger partial charge on any atom is 1.00 e. The first-order valence-corrected chi connectivity index (χ1v) is 4.05. The molecule has 0 N–H and O–H groups in total. The summed E-state index contributed by atoms with van der Waals surface area (Å²) in [5, 5.41) is 0. The van der Waals surface area contributed by atoms with Gasteiger partial charge in [-0.2, -0.15) is 0 Å². The fourth-order valence-electron chi connectivity index (χ4n) is 0.270. The Bertz CT molecular complexity index is 217. The summed E-state index contributed by atoms with van der Waals surface area (Å²) in [6, 6.07) is 0. The van der Waals surface area contributed by atoms with Crippen LogP contribution >= 0.6 is 7.82 Å². The zero-order valence-electron chi connectivity index (χ0n) is 6.65. The molecule has 0 aliphatic heterocycles. The molecule has 12 heavy (non-hydrogen) atoms. The maximum atomic E-state index is 10.5. The van der Waals surface area contributed by atoms with E-state index >= 15 is 0 Å². The van der Waals surface area contributed by atoms with Crippen LogP contribution in [0.25, 0.3) is 0 Å². The molecule has 4 nitrogen and oxygen atoms in total. The number of terminal acetylenes is 2. The van der Waals surface area contributed by atoms with E-state index in [0.29, 0.717) is 0 Å². The Hall–Kier alpha value is 0.866. The number of rotatable bonds is 4. The predicted molar refractivity (Wildman–Crippen MR) is 37.2 cm³/mol. The van der Waals surface area contributed by atoms with Crippen LogP contribution in [-0.2, 0) is 13.6 Å². The van der Waals surface area contributed by atoms with Crippen molar-refractivity contribution in [3.63, 3.8) is 0 Å². The first-order chi connectivity index (χ1) is 5.12. The number of hydrogen-bond acceptors (Lipinski definition) is 4. The molecule has 0 fully saturated rings. The quantitative estimate of drug-likeness (QED) is 0.279. The smallest absolute Gasteiger partial charge is 0.756 e. The van der Waals surface area contributed by atoms with E-state index in [9.17, 15) is 9.46 Å². The average molecular weight is 212 g/mol. The van der Waals surface area contributed by atoms with E-state index in [2.05, 4.69) is 9.05 Å². The van der Waals surface area contributed by atoms with E-state index in [-0.39, 0.29) is 64.6 Å². The Labute approximate surface area is 114 Å². The molecule has 0 bridgehead atoms. The molecule has 0 unspecified atom stereocenters. The Morgan fingerprint density at radius 2 is 1.58 bits per heavy atom. The van der Waals surface area contributed by atoms with Crippen molar-refractivity contribution in [2.75, 3.05) is 13.2 Å². The minimum atomic E-state index is -4.26. The molecular weight excluding hydrogens is 206 g/mol. The average Bonchev–Trinajstić information content (AvgIpc) is 1.97. The van der Waals surface area contributed by atoms with Crippen LogP contribution in [0.2, 0.25) is 0 Å². The molecule has 60 valence electrons. The maximum absolute atomic E-state index is 10.5. The van der Waals surface area contributed by atoms with Crippen molar-refractivity contribution in [3.05, 3.63) is 0 Å². The molecule has 6 heteroatoms. The molecule has 0 saturated carbocycles. The van der Waals surface area contributed by atoms with Crippen LogP contribution in [0.3, 0.4) is 0 Å². The summed E-state index contributed by atoms with van der Waals surface area (Å²) in [5.74, 6) is 3.95. The normalized spacial score (nSPS) is 9.25. The van der Waals surface area contributed by atoms with E-state index in [1.807, 2.05) is 11.8 Å². The number of phosphoric acid groups is 1. The van der Waals surface area contributed by atoms with Crippen LogP contribution in [0.4, 0.5) is 0 Å². The van der Waals surface area contributed by atoms with E-state index in [1.54, 1.807) is 0 Å². The monoisotopic (exact) mass is 212 g/mol. The molecule has 0 atom stereocenters. The van der Waals surface area contributed by atoms with Crippen LogP contribution in [0.1, 0.15) is 0 Å². The molecule has 0 aromatic rings. The summed E-state index contributed by atoms with van der Waals surface area (Å²) in [4.78, 5) is 10.5. The minimum absolute atomic E-state index is 0. The fraction of sp³-hybridized carbons (Fsp3) is 0.333. The second-order valence-corrected chi connectivity index (χ2v) is 2.81. The van der Waals surface area contributed by atoms with Crippen LogP contribution in [0, 0.1) is 24.7 Å². The summed E-state index contributed by atoms with van der Waals surface area (Å²) in [7, 11) is -4.26. The van der Waals surface area contributed by atoms with Gasteiger partial charge in [0.1, 0.15) is 13.2 Å². The van der Waals surface area contributed by atoms with E-state index in [1.165, 1.54) is 0 Å². The van der Waals surface area contributed by atoms with E-state index < -0.39 is 7.82 Å². The van der Waals surface area contributed by atoms with Gasteiger partial charge in [-0.15, -0.1) is 12.8 Å². The Kier molecular flexibility index (Phi) is 10.8. The van der Waals surface area contributed by atoms with Gasteiger partial charge in [0, 0.05) is 0 Å². The van der Waals surface area contributed by atoms with Crippen LogP contribution in [-0.4, -0.2) is 13.2 Å². The molecule has 0 amide bonds. The predicted octanol–water partition coefficient (Wildman–Crippen LogP) is -3.24. The second kappa shape index (κ2) is 8.46. The summed E-state index contributed by atoms with van der Waals surface area (Å²) >= 11 is 0. The van der Waals surface area contributed by atoms with Gasteiger partial charge >= 0.3 is 51.4 Å². The number of phosphoric ester groups is 1. The SMILES string of the molecule is C#CCOP(=O)([O-])OCC#C.[K+]. The minimum Gasteiger partial charge on any atom is -0.756 e. The van der Waals surface area contributed by atoms with Gasteiger partial charge in [0.2, 0.25) is 0 Å². The van der Waals surface area contributed by atoms with Crippen molar-refractivity contribution in [2.24, 2.45) is 0 Å². The third-order valence-electron chi connectivity index (χ3n) is 0.612. The van der Waals surface area contributed by atoms with Crippen LogP contribution in [0.5, 0.6) is 0 Å². The third-order valence-corrected chi connectivity index (χ3v) is 1.50. The topological polar surface area (TPSA) is 58.6 Å². The van der Waals surface area contributed by atoms with Gasteiger partial charge in [-0.1, -0.05) is 11.8 Å². The molecule has 0 aromatic carbocycles. The van der Waals surface area contributed by atoms with Crippen LogP contribution < -0.4 is 56.3 Å². The second-order valence-electron chi connectivity index (χ2n) is 1.40. The molecule has 0 saturated heterocycles. The molecular formula is C6H6KO4P. The van der Waals surface area contributed by atoms with Gasteiger partial charge < -0.3 is 13.9 Å². The fourth-order valence-corrected chi connectivity index (χ4v) is 0.810. The van der Waals surface area contributed by atoms with Gasteiger partial charge in [-0.05, 0) is 0 Å². The van der Waals surface area contributed by atoms with Gasteiger partial charge in [0.25, 0.3) is 7.82 Å². The molecule has 0 aliphatic carbocycles. The standard InChI is InChI=1S/C6H7O4P.K/c1-3-5-9-11(7,8)10-6-4-2;/h1-2H,5-6H2,(H,7,8);/q;+1/p-1. The van der Waals surface area contributed by atoms with Crippen molar-refractivity contribution in [3.8, 4) is 24.7 Å². The summed E-state index contributed by atoms with van der Waals surface area (Å²) in [6.07, 6.45) is 9.47. The van der Waals surface area contributed by atoms with Crippen molar-refractivity contribution < 1.29 is 69.9 Å². The molecule has 0 heterocycles. The van der Waals surface area contributed by atoms with Crippen molar-refractivity contribution in [2.45, 2.75) is 0 Å². The summed E-state index contributed by atoms with van der Waals surface area (Å²) < 4.78 is 18.8. The molecule has 0 aliphatic rings. The van der Waals surface area contributed by atoms with E-state index in [4.69, 9.17) is 12.8 Å². The van der Waals surface area contributed by atoms with Gasteiger partial charge in [-0.25, -0.2) is 0 Å². The molecule has 0 rings (SSSR count). The zero-order valence-corrected chi connectivity index (χ0v) is 10.7. The summed E-state index contributed by atoms with van der Waals surface area (Å²) in [5.41, 5.74) is 0. The van der Waals surface area contributed by atoms with E-state index in [0.717, 1.165) is 0 Å². The Morgan fingerprint density at radius 1 is 1.25 bits per heavy atom. The van der Waals surface area contributed by atoms with Gasteiger partial charge in [0.05, 0.1) is 0 Å². The third kappa shape index (κ3) is 8.96. The first kappa shape index (κ1) is 15.3. The van der Waals surface area contributed by atoms with Gasteiger partial charge in [0.15, 0.2) is 0 Å². The van der Waals surface area contributed by atoms with Crippen molar-refractivity contribution in [1.82, 2.24) is 0 Å². The van der Waals surface area contributed by atoms with Gasteiger partial charge in [-0.3, -0.25) is 4.57 Å². The zero-order chi connectivity index (χ0) is 8.74. The van der Waals surface area contributed by atoms with Crippen molar-refractivity contribution in [1.29, 1.82) is 0 Å². The summed E-state index contributed by atoms with van der Waals surface area (Å²) in [6.45, 7) is -0.684. The molecule has 0 spiro atoms. The largest absolute Gasteiger partial charge is 1.00 e. The molecule has 0 aromatic heterocycles. The van der Waals surface area contributed by atoms with Crippen LogP contribution in [0.15, 0.2) is 0 Å². The Morgan fingerprint density at radius 3 is 1.83 bits per heavy atom. The first-order valence-electron chi connectivity index (χ1n) is 2.59. The Balaban J connectivity index is 0. The molecule has 0 radical (unpaired) electrons. The van der Waals surface area contributed by atoms with Crippen molar-refractivity contribution >= 4 is 7.82 Å².